The Morgan fingerprint density at radius 3 is 2.04 bits per heavy atom. The topological polar surface area (TPSA) is 49.3 Å². The van der Waals surface area contributed by atoms with Crippen LogP contribution in [0.4, 0.5) is 8.78 Å². The van der Waals surface area contributed by atoms with Gasteiger partial charge in [-0.3, -0.25) is 10.1 Å². The number of halogens is 2. The molecule has 3 nitrogen and oxygen atoms in total. The number of carbonyl (C=O) groups excluding carboxylic acids is 1. The first-order valence-electron chi connectivity index (χ1n) is 8.09. The third-order valence-electron chi connectivity index (χ3n) is 4.85. The fraction of sp³-hybridized carbons (Fsp3) is 0.350. The molecule has 0 aliphatic heterocycles. The highest BCUT2D eigenvalue weighted by Gasteiger charge is 2.53. The molecule has 0 spiro atoms. The number of rotatable bonds is 7. The molecule has 0 heterocycles. The number of benzene rings is 2. The van der Waals surface area contributed by atoms with Crippen LogP contribution in [0.2, 0.25) is 0 Å². The van der Waals surface area contributed by atoms with Gasteiger partial charge in [0.1, 0.15) is 11.1 Å². The highest BCUT2D eigenvalue weighted by molar-refractivity contribution is 5.87. The molecule has 0 amide bonds. The average Bonchev–Trinajstić information content (AvgIpc) is 2.60. The molecular weight excluding hydrogens is 324 g/mol. The summed E-state index contributed by atoms with van der Waals surface area (Å²) in [5.41, 5.74) is -1.27. The van der Waals surface area contributed by atoms with Crippen LogP contribution in [-0.2, 0) is 11.3 Å². The van der Waals surface area contributed by atoms with Gasteiger partial charge in [0.15, 0.2) is 5.78 Å². The van der Waals surface area contributed by atoms with Gasteiger partial charge in [-0.2, -0.15) is 0 Å². The Bertz CT molecular complexity index is 714. The summed E-state index contributed by atoms with van der Waals surface area (Å²) in [5.74, 6) is -0.543. The van der Waals surface area contributed by atoms with E-state index in [2.05, 4.69) is 5.32 Å². The molecule has 0 aliphatic rings. The molecule has 0 bridgehead atoms. The molecular formula is C20H23F2NO2. The van der Waals surface area contributed by atoms with Crippen molar-refractivity contribution in [1.29, 1.82) is 0 Å². The minimum absolute atomic E-state index is 0.189. The third-order valence-corrected chi connectivity index (χ3v) is 4.85. The number of alkyl halides is 2. The first-order chi connectivity index (χ1) is 11.7. The van der Waals surface area contributed by atoms with E-state index in [1.165, 1.54) is 13.8 Å². The number of nitrogens with one attached hydrogen (secondary N) is 1. The van der Waals surface area contributed by atoms with Gasteiger partial charge in [-0.05, 0) is 37.5 Å². The van der Waals surface area contributed by atoms with Gasteiger partial charge >= 0.3 is 0 Å². The molecule has 5 heteroatoms. The second-order valence-electron chi connectivity index (χ2n) is 6.55. The normalized spacial score (nSPS) is 16.3. The van der Waals surface area contributed by atoms with Crippen molar-refractivity contribution < 1.29 is 18.7 Å². The number of ketones is 1. The Morgan fingerprint density at radius 1 is 1.04 bits per heavy atom. The van der Waals surface area contributed by atoms with E-state index in [1.54, 1.807) is 0 Å². The van der Waals surface area contributed by atoms with Crippen molar-refractivity contribution in [2.24, 2.45) is 0 Å². The molecule has 0 saturated carbocycles. The standard InChI is InChI=1S/C20H23F2NO2/c1-14(24)19(2,20(3,25)18(21)22)23-13-15-9-11-17(12-10-15)16-7-5-4-6-8-16/h4-12,18,23,25H,13H2,1-3H3. The van der Waals surface area contributed by atoms with Gasteiger partial charge in [0.25, 0.3) is 6.43 Å². The van der Waals surface area contributed by atoms with E-state index in [4.69, 9.17) is 0 Å². The Labute approximate surface area is 146 Å². The van der Waals surface area contributed by atoms with Crippen molar-refractivity contribution in [3.63, 3.8) is 0 Å². The molecule has 0 radical (unpaired) electrons. The van der Waals surface area contributed by atoms with Crippen LogP contribution in [0.15, 0.2) is 54.6 Å². The number of carbonyl (C=O) groups is 1. The van der Waals surface area contributed by atoms with Crippen molar-refractivity contribution in [1.82, 2.24) is 5.32 Å². The second-order valence-corrected chi connectivity index (χ2v) is 6.55. The zero-order chi connectivity index (χ0) is 18.7. The van der Waals surface area contributed by atoms with Crippen LogP contribution in [0, 0.1) is 0 Å². The van der Waals surface area contributed by atoms with Gasteiger partial charge in [0, 0.05) is 6.54 Å². The third kappa shape index (κ3) is 3.94. The van der Waals surface area contributed by atoms with Crippen LogP contribution >= 0.6 is 0 Å². The fourth-order valence-corrected chi connectivity index (χ4v) is 2.60. The molecule has 2 aromatic carbocycles. The summed E-state index contributed by atoms with van der Waals surface area (Å²) in [4.78, 5) is 11.9. The predicted molar refractivity (Wildman–Crippen MR) is 94.4 cm³/mol. The van der Waals surface area contributed by atoms with Gasteiger partial charge in [-0.15, -0.1) is 0 Å². The summed E-state index contributed by atoms with van der Waals surface area (Å²) in [6, 6.07) is 17.5. The van der Waals surface area contributed by atoms with Gasteiger partial charge in [0.2, 0.25) is 0 Å². The molecule has 0 aromatic heterocycles. The summed E-state index contributed by atoms with van der Waals surface area (Å²) in [7, 11) is 0. The van der Waals surface area contributed by atoms with Crippen molar-refractivity contribution in [2.45, 2.75) is 44.9 Å². The van der Waals surface area contributed by atoms with E-state index < -0.39 is 23.3 Å². The minimum Gasteiger partial charge on any atom is -0.382 e. The zero-order valence-corrected chi connectivity index (χ0v) is 14.6. The van der Waals surface area contributed by atoms with Crippen LogP contribution < -0.4 is 5.32 Å². The van der Waals surface area contributed by atoms with Crippen LogP contribution in [0.25, 0.3) is 11.1 Å². The quantitative estimate of drug-likeness (QED) is 0.801. The minimum atomic E-state index is -3.05. The average molecular weight is 347 g/mol. The number of hydrogen-bond donors (Lipinski definition) is 2. The first-order valence-corrected chi connectivity index (χ1v) is 8.09. The van der Waals surface area contributed by atoms with Crippen molar-refractivity contribution in [2.75, 3.05) is 0 Å². The molecule has 2 N–H and O–H groups in total. The van der Waals surface area contributed by atoms with Crippen molar-refractivity contribution >= 4 is 5.78 Å². The molecule has 2 aromatic rings. The molecule has 25 heavy (non-hydrogen) atoms. The van der Waals surface area contributed by atoms with E-state index >= 15 is 0 Å². The maximum Gasteiger partial charge on any atom is 0.268 e. The fourth-order valence-electron chi connectivity index (χ4n) is 2.60. The maximum absolute atomic E-state index is 13.2. The van der Waals surface area contributed by atoms with Crippen LogP contribution in [0.1, 0.15) is 26.3 Å². The molecule has 2 unspecified atom stereocenters. The van der Waals surface area contributed by atoms with E-state index in [-0.39, 0.29) is 6.54 Å². The van der Waals surface area contributed by atoms with Crippen LogP contribution in [0.5, 0.6) is 0 Å². The molecule has 2 rings (SSSR count). The Balaban J connectivity index is 2.15. The van der Waals surface area contributed by atoms with Crippen molar-refractivity contribution in [3.8, 4) is 11.1 Å². The Morgan fingerprint density at radius 2 is 1.56 bits per heavy atom. The van der Waals surface area contributed by atoms with Gasteiger partial charge < -0.3 is 5.11 Å². The molecule has 134 valence electrons. The second kappa shape index (κ2) is 7.42. The summed E-state index contributed by atoms with van der Waals surface area (Å²) in [6.07, 6.45) is -3.05. The van der Waals surface area contributed by atoms with Crippen molar-refractivity contribution in [3.05, 3.63) is 60.2 Å². The number of Topliss-reactive ketones (excluding diaryl/α,β-unsaturated/α-hetero) is 1. The number of aliphatic hydroxyl groups is 1. The highest BCUT2D eigenvalue weighted by Crippen LogP contribution is 2.30. The monoisotopic (exact) mass is 347 g/mol. The molecule has 0 saturated heterocycles. The zero-order valence-electron chi connectivity index (χ0n) is 14.6. The summed E-state index contributed by atoms with van der Waals surface area (Å²) in [5, 5.41) is 12.9. The van der Waals surface area contributed by atoms with Crippen LogP contribution in [0.3, 0.4) is 0 Å². The first kappa shape index (κ1) is 19.2. The highest BCUT2D eigenvalue weighted by atomic mass is 19.3. The SMILES string of the molecule is CC(=O)C(C)(NCc1ccc(-c2ccccc2)cc1)C(C)(O)C(F)F. The lowest BCUT2D eigenvalue weighted by Gasteiger charge is -2.41. The van der Waals surface area contributed by atoms with Gasteiger partial charge in [-0.1, -0.05) is 54.6 Å². The smallest absolute Gasteiger partial charge is 0.268 e. The van der Waals surface area contributed by atoms with E-state index in [1.807, 2.05) is 54.6 Å². The lowest BCUT2D eigenvalue weighted by molar-refractivity contribution is -0.157. The maximum atomic E-state index is 13.2. The van der Waals surface area contributed by atoms with E-state index in [9.17, 15) is 18.7 Å². The summed E-state index contributed by atoms with van der Waals surface area (Å²) in [6.45, 7) is 3.67. The summed E-state index contributed by atoms with van der Waals surface area (Å²) >= 11 is 0. The van der Waals surface area contributed by atoms with E-state index in [0.717, 1.165) is 23.6 Å². The van der Waals surface area contributed by atoms with Gasteiger partial charge in [0.05, 0.1) is 0 Å². The Kier molecular flexibility index (Phi) is 5.70. The van der Waals surface area contributed by atoms with Gasteiger partial charge in [-0.25, -0.2) is 8.78 Å². The molecule has 2 atom stereocenters. The lowest BCUT2D eigenvalue weighted by atomic mass is 9.79. The predicted octanol–water partition coefficient (Wildman–Crippen LogP) is 3.81. The molecule has 0 fully saturated rings. The summed E-state index contributed by atoms with van der Waals surface area (Å²) < 4.78 is 26.4. The molecule has 0 aliphatic carbocycles. The number of hydrogen-bond acceptors (Lipinski definition) is 3. The van der Waals surface area contributed by atoms with E-state index in [0.29, 0.717) is 0 Å². The van der Waals surface area contributed by atoms with Crippen LogP contribution in [-0.4, -0.2) is 28.5 Å². The lowest BCUT2D eigenvalue weighted by Crippen LogP contribution is -2.66. The largest absolute Gasteiger partial charge is 0.382 e. The Hall–Kier alpha value is -2.11.